The van der Waals surface area contributed by atoms with Gasteiger partial charge in [0.05, 0.1) is 25.5 Å². The van der Waals surface area contributed by atoms with Crippen LogP contribution in [0.4, 0.5) is 5.69 Å². The minimum absolute atomic E-state index is 0.0918. The molecule has 1 fully saturated rings. The molecule has 1 heterocycles. The number of ether oxygens (including phenoxy) is 4. The first kappa shape index (κ1) is 39.5. The normalized spacial score (nSPS) is 19.6. The molecule has 0 spiro atoms. The first-order valence-corrected chi connectivity index (χ1v) is 18.6. The third-order valence-corrected chi connectivity index (χ3v) is 10.5. The van der Waals surface area contributed by atoms with Crippen molar-refractivity contribution in [1.82, 2.24) is 4.72 Å². The average molecular weight is 725 g/mol. The van der Waals surface area contributed by atoms with Crippen LogP contribution in [0.25, 0.3) is 0 Å². The number of hydrogen-bond donors (Lipinski definition) is 1. The Labute approximate surface area is 307 Å². The molecule has 50 heavy (non-hydrogen) atoms. The van der Waals surface area contributed by atoms with E-state index >= 15 is 0 Å². The van der Waals surface area contributed by atoms with Crippen molar-refractivity contribution >= 4 is 41.1 Å². The minimum atomic E-state index is -1.10. The summed E-state index contributed by atoms with van der Waals surface area (Å²) in [7, 11) is 0. The fourth-order valence-corrected chi connectivity index (χ4v) is 7.31. The molecular weight excluding hydrogens is 672 g/mol. The molecule has 1 aliphatic carbocycles. The van der Waals surface area contributed by atoms with Crippen molar-refractivity contribution in [3.63, 3.8) is 0 Å². The molecule has 0 radical (unpaired) electrons. The van der Waals surface area contributed by atoms with E-state index < -0.39 is 23.3 Å². The highest BCUT2D eigenvalue weighted by Gasteiger charge is 2.42. The van der Waals surface area contributed by atoms with Gasteiger partial charge in [0, 0.05) is 34.8 Å². The molecule has 272 valence electrons. The molecule has 2 aromatic carbocycles. The van der Waals surface area contributed by atoms with Gasteiger partial charge in [-0.25, -0.2) is 4.79 Å². The van der Waals surface area contributed by atoms with Crippen LogP contribution >= 0.6 is 23.5 Å². The van der Waals surface area contributed by atoms with Crippen LogP contribution in [0.2, 0.25) is 5.02 Å². The number of esters is 1. The summed E-state index contributed by atoms with van der Waals surface area (Å²) in [5.74, 6) is 0.574. The number of hydrogen-bond acceptors (Lipinski definition) is 8. The predicted molar refractivity (Wildman–Crippen MR) is 203 cm³/mol. The lowest BCUT2D eigenvalue weighted by Crippen LogP contribution is -2.47. The van der Waals surface area contributed by atoms with Gasteiger partial charge in [0.15, 0.2) is 5.60 Å². The van der Waals surface area contributed by atoms with E-state index in [9.17, 15) is 9.59 Å². The Morgan fingerprint density at radius 3 is 2.42 bits per heavy atom. The van der Waals surface area contributed by atoms with Gasteiger partial charge >= 0.3 is 5.97 Å². The van der Waals surface area contributed by atoms with E-state index in [0.29, 0.717) is 6.61 Å². The molecule has 2 aromatic rings. The number of amides is 1. The molecule has 0 saturated heterocycles. The molecule has 0 aromatic heterocycles. The Bertz CT molecular complexity index is 1530. The summed E-state index contributed by atoms with van der Waals surface area (Å²) in [5.41, 5.74) is 1.32. The highest BCUT2D eigenvalue weighted by atomic mass is 35.5. The van der Waals surface area contributed by atoms with E-state index in [1.807, 2.05) is 18.2 Å². The van der Waals surface area contributed by atoms with Crippen LogP contribution in [0.3, 0.4) is 0 Å². The number of nitrogens with zero attached hydrogens (tertiary/aromatic N) is 1. The van der Waals surface area contributed by atoms with Gasteiger partial charge in [0.1, 0.15) is 17.5 Å². The fourth-order valence-electron chi connectivity index (χ4n) is 6.36. The molecule has 10 heteroatoms. The van der Waals surface area contributed by atoms with E-state index in [1.54, 1.807) is 45.9 Å². The summed E-state index contributed by atoms with van der Waals surface area (Å²) in [6.45, 7) is 23.0. The van der Waals surface area contributed by atoms with E-state index in [4.69, 9.17) is 30.5 Å². The van der Waals surface area contributed by atoms with Crippen molar-refractivity contribution < 1.29 is 28.5 Å². The number of anilines is 1. The average Bonchev–Trinajstić information content (AvgIpc) is 3.26. The van der Waals surface area contributed by atoms with Crippen LogP contribution in [0.1, 0.15) is 70.9 Å². The monoisotopic (exact) mass is 724 g/mol. The smallest absolute Gasteiger partial charge is 0.338 e. The van der Waals surface area contributed by atoms with Gasteiger partial charge in [-0.2, -0.15) is 0 Å². The Kier molecular flexibility index (Phi) is 14.1. The summed E-state index contributed by atoms with van der Waals surface area (Å²) in [5, 5.41) is 0.731. The number of halogens is 1. The predicted octanol–water partition coefficient (Wildman–Crippen LogP) is 8.48. The van der Waals surface area contributed by atoms with E-state index in [2.05, 4.69) is 54.5 Å². The number of carbonyl (C=O) groups excluding carboxylic acids is 2. The Balaban J connectivity index is 1.60. The standard InChI is InChI=1S/C40H53ClN2O6S/c1-9-13-27-22-30(41)15-18-32(27)29-25-43(24-28-14-17-33(28)35(12-4)49-38(45)40(7,8)48-21-11-3)34-23-31(16-19-36(34)46-26-29)50-42-37(44)39(5,6)47-20-10-2/h10-12,15-16,18-19,22-23,28-29,33,35H,2-4,9,13-14,17,20-21,24-26H2,1,5-8H3,(H,42,44). The SMILES string of the molecule is C=CCOC(C)(C)C(=O)NSc1ccc2c(c1)N(CC1CCC1C(C=C)OC(=O)C(C)(C)OCC=C)CC(c1ccc(Cl)cc1CCC)CO2. The second-order valence-electron chi connectivity index (χ2n) is 14.0. The van der Waals surface area contributed by atoms with Crippen LogP contribution in [-0.4, -0.2) is 62.1 Å². The number of rotatable bonds is 18. The van der Waals surface area contributed by atoms with Gasteiger partial charge in [-0.05, 0) is 106 Å². The Morgan fingerprint density at radius 2 is 1.78 bits per heavy atom. The first-order valence-electron chi connectivity index (χ1n) is 17.4. The Hall–Kier alpha value is -3.24. The molecule has 1 aliphatic heterocycles. The zero-order valence-corrected chi connectivity index (χ0v) is 31.7. The second kappa shape index (κ2) is 17.8. The summed E-state index contributed by atoms with van der Waals surface area (Å²) >= 11 is 7.70. The van der Waals surface area contributed by atoms with Crippen LogP contribution < -0.4 is 14.4 Å². The van der Waals surface area contributed by atoms with Gasteiger partial charge in [0.2, 0.25) is 0 Å². The largest absolute Gasteiger partial charge is 0.491 e. The van der Waals surface area contributed by atoms with Gasteiger partial charge in [0.25, 0.3) is 5.91 Å². The maximum atomic E-state index is 13.1. The molecule has 2 aliphatic rings. The Morgan fingerprint density at radius 1 is 1.06 bits per heavy atom. The summed E-state index contributed by atoms with van der Waals surface area (Å²) < 4.78 is 26.9. The molecule has 0 bridgehead atoms. The zero-order valence-electron chi connectivity index (χ0n) is 30.2. The summed E-state index contributed by atoms with van der Waals surface area (Å²) in [6, 6.07) is 12.2. The van der Waals surface area contributed by atoms with Crippen molar-refractivity contribution in [3.8, 4) is 5.75 Å². The first-order chi connectivity index (χ1) is 23.8. The van der Waals surface area contributed by atoms with Crippen molar-refractivity contribution in [1.29, 1.82) is 0 Å². The summed E-state index contributed by atoms with van der Waals surface area (Å²) in [6.07, 6.45) is 8.39. The third-order valence-electron chi connectivity index (χ3n) is 9.47. The van der Waals surface area contributed by atoms with Crippen LogP contribution in [0.15, 0.2) is 79.3 Å². The highest BCUT2D eigenvalue weighted by molar-refractivity contribution is 7.98. The molecule has 4 atom stereocenters. The van der Waals surface area contributed by atoms with Gasteiger partial charge in [-0.15, -0.1) is 13.2 Å². The van der Waals surface area contributed by atoms with Crippen molar-refractivity contribution in [2.24, 2.45) is 11.8 Å². The highest BCUT2D eigenvalue weighted by Crippen LogP contribution is 2.44. The van der Waals surface area contributed by atoms with Crippen molar-refractivity contribution in [2.45, 2.75) is 88.4 Å². The van der Waals surface area contributed by atoms with Crippen LogP contribution in [0.5, 0.6) is 5.75 Å². The van der Waals surface area contributed by atoms with Crippen LogP contribution in [-0.2, 0) is 30.2 Å². The molecule has 8 nitrogen and oxygen atoms in total. The molecule has 1 N–H and O–H groups in total. The molecule has 1 amide bonds. The van der Waals surface area contributed by atoms with Gasteiger partial charge in [-0.1, -0.05) is 55.8 Å². The lowest BCUT2D eigenvalue weighted by molar-refractivity contribution is -0.175. The van der Waals surface area contributed by atoms with Crippen molar-refractivity contribution in [3.05, 3.63) is 90.5 Å². The number of nitrogens with one attached hydrogen (secondary N) is 1. The lowest BCUT2D eigenvalue weighted by Gasteiger charge is -2.44. The number of benzene rings is 2. The fraction of sp³-hybridized carbons (Fsp3) is 0.500. The zero-order chi connectivity index (χ0) is 36.5. The maximum absolute atomic E-state index is 13.1. The third kappa shape index (κ3) is 9.96. The lowest BCUT2D eigenvalue weighted by atomic mass is 9.70. The minimum Gasteiger partial charge on any atom is -0.491 e. The number of aryl methyl sites for hydroxylation is 1. The molecule has 4 rings (SSSR count). The van der Waals surface area contributed by atoms with E-state index in [1.165, 1.54) is 23.1 Å². The number of carbonyl (C=O) groups is 2. The quantitative estimate of drug-likeness (QED) is 0.0931. The van der Waals surface area contributed by atoms with Gasteiger partial charge in [-0.3, -0.25) is 9.52 Å². The van der Waals surface area contributed by atoms with E-state index in [0.717, 1.165) is 60.1 Å². The molecular formula is C40H53ClN2O6S. The van der Waals surface area contributed by atoms with Crippen LogP contribution in [0, 0.1) is 11.8 Å². The van der Waals surface area contributed by atoms with Crippen molar-refractivity contribution in [2.75, 3.05) is 37.8 Å². The second-order valence-corrected chi connectivity index (χ2v) is 15.3. The summed E-state index contributed by atoms with van der Waals surface area (Å²) in [4.78, 5) is 29.4. The number of fused-ring (bicyclic) bond motifs is 1. The topological polar surface area (TPSA) is 86.3 Å². The van der Waals surface area contributed by atoms with E-state index in [-0.39, 0.29) is 36.9 Å². The maximum Gasteiger partial charge on any atom is 0.338 e. The molecule has 1 saturated carbocycles. The molecule has 4 unspecified atom stereocenters. The van der Waals surface area contributed by atoms with Gasteiger partial charge < -0.3 is 23.8 Å².